The number of fused-ring (bicyclic) bond motifs is 1. The first-order valence-corrected chi connectivity index (χ1v) is 8.27. The van der Waals surface area contributed by atoms with E-state index in [4.69, 9.17) is 9.47 Å². The number of nitro benzene ring substituents is 1. The summed E-state index contributed by atoms with van der Waals surface area (Å²) in [5.74, 6) is 0.258. The zero-order valence-corrected chi connectivity index (χ0v) is 14.4. The normalized spacial score (nSPS) is 12.3. The lowest BCUT2D eigenvalue weighted by Crippen LogP contribution is -2.17. The number of rotatable bonds is 5. The molecule has 1 aliphatic rings. The van der Waals surface area contributed by atoms with Crippen molar-refractivity contribution in [1.29, 1.82) is 0 Å². The van der Waals surface area contributed by atoms with E-state index < -0.39 is 10.8 Å². The van der Waals surface area contributed by atoms with Crippen LogP contribution >= 0.6 is 0 Å². The van der Waals surface area contributed by atoms with E-state index in [0.717, 1.165) is 5.69 Å². The molecule has 0 fully saturated rings. The van der Waals surface area contributed by atoms with E-state index in [9.17, 15) is 14.9 Å². The van der Waals surface area contributed by atoms with Crippen molar-refractivity contribution in [2.45, 2.75) is 0 Å². The first-order chi connectivity index (χ1) is 13.6. The van der Waals surface area contributed by atoms with E-state index in [2.05, 4.69) is 10.5 Å². The minimum absolute atomic E-state index is 0.00280. The monoisotopic (exact) mass is 378 g/mol. The smallest absolute Gasteiger partial charge is 0.282 e. The van der Waals surface area contributed by atoms with Crippen LogP contribution in [-0.2, 0) is 0 Å². The van der Waals surface area contributed by atoms with Gasteiger partial charge in [0, 0.05) is 23.6 Å². The predicted molar refractivity (Wildman–Crippen MR) is 100 cm³/mol. The minimum Gasteiger partial charge on any atom is -0.454 e. The molecule has 140 valence electrons. The minimum atomic E-state index is -0.550. The van der Waals surface area contributed by atoms with E-state index in [1.165, 1.54) is 18.3 Å². The highest BCUT2D eigenvalue weighted by Gasteiger charge is 2.22. The Kier molecular flexibility index (Phi) is 4.47. The SMILES string of the molecule is O=C(N/N=C/c1cc2c(cc1[N+](=O)[O-])OCO2)c1ccc(-n2cccc2)cc1. The Morgan fingerprint density at radius 1 is 1.14 bits per heavy atom. The van der Waals surface area contributed by atoms with Gasteiger partial charge < -0.3 is 14.0 Å². The molecule has 1 aliphatic heterocycles. The zero-order valence-electron chi connectivity index (χ0n) is 14.4. The molecule has 1 aromatic heterocycles. The van der Waals surface area contributed by atoms with Crippen molar-refractivity contribution in [1.82, 2.24) is 9.99 Å². The van der Waals surface area contributed by atoms with Gasteiger partial charge in [-0.3, -0.25) is 14.9 Å². The summed E-state index contributed by atoms with van der Waals surface area (Å²) in [4.78, 5) is 22.9. The number of aromatic nitrogens is 1. The van der Waals surface area contributed by atoms with E-state index in [1.807, 2.05) is 29.1 Å². The lowest BCUT2D eigenvalue weighted by molar-refractivity contribution is -0.385. The number of benzene rings is 2. The number of hydrogen-bond acceptors (Lipinski definition) is 6. The molecule has 2 heterocycles. The van der Waals surface area contributed by atoms with Gasteiger partial charge in [0.1, 0.15) is 0 Å². The van der Waals surface area contributed by atoms with E-state index in [1.54, 1.807) is 24.3 Å². The summed E-state index contributed by atoms with van der Waals surface area (Å²) < 4.78 is 12.3. The van der Waals surface area contributed by atoms with Crippen molar-refractivity contribution >= 4 is 17.8 Å². The lowest BCUT2D eigenvalue weighted by atomic mass is 10.1. The Morgan fingerprint density at radius 2 is 1.82 bits per heavy atom. The first-order valence-electron chi connectivity index (χ1n) is 8.27. The maximum absolute atomic E-state index is 12.2. The number of hydrazone groups is 1. The summed E-state index contributed by atoms with van der Waals surface area (Å²) in [6.07, 6.45) is 5.00. The second-order valence-electron chi connectivity index (χ2n) is 5.86. The van der Waals surface area contributed by atoms with Crippen molar-refractivity contribution < 1.29 is 19.2 Å². The van der Waals surface area contributed by atoms with Crippen LogP contribution in [0.4, 0.5) is 5.69 Å². The third kappa shape index (κ3) is 3.40. The summed E-state index contributed by atoms with van der Waals surface area (Å²) in [6.45, 7) is 0.00280. The van der Waals surface area contributed by atoms with Crippen molar-refractivity contribution in [2.24, 2.45) is 5.10 Å². The van der Waals surface area contributed by atoms with Gasteiger partial charge in [0.05, 0.1) is 22.8 Å². The molecule has 0 saturated heterocycles. The molecule has 0 saturated carbocycles. The molecule has 0 unspecified atom stereocenters. The van der Waals surface area contributed by atoms with Crippen LogP contribution in [-0.4, -0.2) is 28.4 Å². The first kappa shape index (κ1) is 17.3. The highest BCUT2D eigenvalue weighted by molar-refractivity contribution is 5.95. The number of ether oxygens (including phenoxy) is 2. The maximum Gasteiger partial charge on any atom is 0.282 e. The Bertz CT molecular complexity index is 1060. The molecule has 2 aromatic carbocycles. The molecule has 9 nitrogen and oxygen atoms in total. The van der Waals surface area contributed by atoms with Gasteiger partial charge in [0.25, 0.3) is 11.6 Å². The van der Waals surface area contributed by atoms with Crippen LogP contribution < -0.4 is 14.9 Å². The summed E-state index contributed by atoms with van der Waals surface area (Å²) in [5, 5.41) is 15.1. The van der Waals surface area contributed by atoms with Crippen LogP contribution in [0.1, 0.15) is 15.9 Å². The lowest BCUT2D eigenvalue weighted by Gasteiger charge is -2.04. The molecule has 0 atom stereocenters. The van der Waals surface area contributed by atoms with Crippen LogP contribution in [0.25, 0.3) is 5.69 Å². The molecule has 3 aromatic rings. The van der Waals surface area contributed by atoms with Crippen LogP contribution in [0, 0.1) is 10.1 Å². The van der Waals surface area contributed by atoms with Crippen molar-refractivity contribution in [3.05, 3.63) is 82.2 Å². The number of nitrogens with zero attached hydrogens (tertiary/aromatic N) is 3. The predicted octanol–water partition coefficient (Wildman–Crippen LogP) is 2.88. The molecule has 28 heavy (non-hydrogen) atoms. The van der Waals surface area contributed by atoms with Crippen molar-refractivity contribution in [3.8, 4) is 17.2 Å². The number of amides is 1. The summed E-state index contributed by atoms with van der Waals surface area (Å²) in [6, 6.07) is 13.5. The highest BCUT2D eigenvalue weighted by Crippen LogP contribution is 2.37. The average molecular weight is 378 g/mol. The van der Waals surface area contributed by atoms with Crippen LogP contribution in [0.3, 0.4) is 0 Å². The Labute approximate surface area is 159 Å². The van der Waals surface area contributed by atoms with Gasteiger partial charge in [-0.25, -0.2) is 5.43 Å². The molecule has 0 radical (unpaired) electrons. The molecule has 1 amide bonds. The van der Waals surface area contributed by atoms with E-state index >= 15 is 0 Å². The third-order valence-electron chi connectivity index (χ3n) is 4.12. The van der Waals surface area contributed by atoms with Gasteiger partial charge in [-0.2, -0.15) is 5.10 Å². The fourth-order valence-corrected chi connectivity index (χ4v) is 2.73. The Hall–Kier alpha value is -4.14. The molecular weight excluding hydrogens is 364 g/mol. The molecule has 4 rings (SSSR count). The maximum atomic E-state index is 12.2. The third-order valence-corrected chi connectivity index (χ3v) is 4.12. The molecule has 1 N–H and O–H groups in total. The Balaban J connectivity index is 1.48. The largest absolute Gasteiger partial charge is 0.454 e. The number of carbonyl (C=O) groups excluding carboxylic acids is 1. The molecule has 0 spiro atoms. The molecular formula is C19H14N4O5. The Morgan fingerprint density at radius 3 is 2.50 bits per heavy atom. The molecule has 0 bridgehead atoms. The summed E-state index contributed by atoms with van der Waals surface area (Å²) in [5.41, 5.74) is 3.69. The fourth-order valence-electron chi connectivity index (χ4n) is 2.73. The molecule has 9 heteroatoms. The van der Waals surface area contributed by atoms with Gasteiger partial charge >= 0.3 is 0 Å². The number of nitro groups is 1. The van der Waals surface area contributed by atoms with Crippen LogP contribution in [0.5, 0.6) is 11.5 Å². The number of carbonyl (C=O) groups is 1. The number of nitrogens with one attached hydrogen (secondary N) is 1. The quantitative estimate of drug-likeness (QED) is 0.417. The van der Waals surface area contributed by atoms with Gasteiger partial charge in [0.15, 0.2) is 11.5 Å². The standard InChI is InChI=1S/C19H14N4O5/c24-19(13-3-5-15(6-4-13)22-7-1-2-8-22)21-20-11-14-9-17-18(28-12-27-17)10-16(14)23(25)26/h1-11H,12H2,(H,21,24)/b20-11+. The van der Waals surface area contributed by atoms with Crippen molar-refractivity contribution in [2.75, 3.05) is 6.79 Å². The summed E-state index contributed by atoms with van der Waals surface area (Å²) in [7, 11) is 0. The highest BCUT2D eigenvalue weighted by atomic mass is 16.7. The van der Waals surface area contributed by atoms with Gasteiger partial charge in [0.2, 0.25) is 6.79 Å². The van der Waals surface area contributed by atoms with Crippen LogP contribution in [0.15, 0.2) is 66.0 Å². The van der Waals surface area contributed by atoms with Crippen LogP contribution in [0.2, 0.25) is 0 Å². The fraction of sp³-hybridized carbons (Fsp3) is 0.0526. The van der Waals surface area contributed by atoms with Crippen molar-refractivity contribution in [3.63, 3.8) is 0 Å². The van der Waals surface area contributed by atoms with Gasteiger partial charge in [-0.1, -0.05) is 0 Å². The topological polar surface area (TPSA) is 108 Å². The average Bonchev–Trinajstić information content (AvgIpc) is 3.39. The van der Waals surface area contributed by atoms with Gasteiger partial charge in [-0.05, 0) is 42.5 Å². The zero-order chi connectivity index (χ0) is 19.5. The van der Waals surface area contributed by atoms with Gasteiger partial charge in [-0.15, -0.1) is 0 Å². The van der Waals surface area contributed by atoms with E-state index in [0.29, 0.717) is 17.1 Å². The molecule has 0 aliphatic carbocycles. The second-order valence-corrected chi connectivity index (χ2v) is 5.86. The number of hydrogen-bond donors (Lipinski definition) is 1. The second kappa shape index (κ2) is 7.23. The van der Waals surface area contributed by atoms with E-state index in [-0.39, 0.29) is 18.0 Å². The summed E-state index contributed by atoms with van der Waals surface area (Å²) >= 11 is 0.